The predicted octanol–water partition coefficient (Wildman–Crippen LogP) is 5.83. The number of piperidine rings is 1. The summed E-state index contributed by atoms with van der Waals surface area (Å²) in [6.07, 6.45) is 3.33. The lowest BCUT2D eigenvalue weighted by Gasteiger charge is -2.30. The second-order valence-corrected chi connectivity index (χ2v) is 11.1. The Bertz CT molecular complexity index is 1610. The van der Waals surface area contributed by atoms with E-state index in [1.54, 1.807) is 24.1 Å². The Morgan fingerprint density at radius 2 is 1.95 bits per heavy atom. The van der Waals surface area contributed by atoms with Gasteiger partial charge in [0, 0.05) is 17.6 Å². The highest BCUT2D eigenvalue weighted by atomic mass is 32.1. The SMILES string of the molecule is Cc1cc(Oc2ccccc2)ccc1N1C(=O)Nc2c(C(C)C(=O)NC(=O)C3CCCNC3)sc3nccc1c23. The number of para-hydroxylation sites is 1. The molecule has 40 heavy (non-hydrogen) atoms. The molecular weight excluding hydrogens is 526 g/mol. The van der Waals surface area contributed by atoms with Crippen molar-refractivity contribution in [1.29, 1.82) is 0 Å². The quantitative estimate of drug-likeness (QED) is 0.276. The molecule has 4 amide bonds. The van der Waals surface area contributed by atoms with Crippen LogP contribution in [0, 0.1) is 12.8 Å². The van der Waals surface area contributed by atoms with Crippen LogP contribution in [0.15, 0.2) is 60.8 Å². The van der Waals surface area contributed by atoms with Gasteiger partial charge in [-0.3, -0.25) is 19.8 Å². The molecule has 2 atom stereocenters. The molecule has 9 nitrogen and oxygen atoms in total. The van der Waals surface area contributed by atoms with Crippen molar-refractivity contribution < 1.29 is 19.1 Å². The minimum absolute atomic E-state index is 0.222. The third kappa shape index (κ3) is 4.80. The summed E-state index contributed by atoms with van der Waals surface area (Å²) < 4.78 is 5.97. The minimum atomic E-state index is -0.648. The third-order valence-corrected chi connectivity index (χ3v) is 8.64. The summed E-state index contributed by atoms with van der Waals surface area (Å²) in [4.78, 5) is 46.9. The molecular formula is C30H29N5O4S. The maximum atomic E-state index is 13.6. The number of thiophene rings is 1. The fraction of sp³-hybridized carbons (Fsp3) is 0.267. The second-order valence-electron chi connectivity index (χ2n) is 10.1. The molecule has 1 fully saturated rings. The summed E-state index contributed by atoms with van der Waals surface area (Å²) in [6.45, 7) is 5.13. The number of rotatable bonds is 6. The lowest BCUT2D eigenvalue weighted by molar-refractivity contribution is -0.133. The maximum Gasteiger partial charge on any atom is 0.331 e. The van der Waals surface area contributed by atoms with E-state index in [9.17, 15) is 14.4 Å². The highest BCUT2D eigenvalue weighted by Crippen LogP contribution is 2.48. The monoisotopic (exact) mass is 555 g/mol. The van der Waals surface area contributed by atoms with Gasteiger partial charge in [-0.25, -0.2) is 9.78 Å². The van der Waals surface area contributed by atoms with Crippen molar-refractivity contribution in [2.75, 3.05) is 23.3 Å². The highest BCUT2D eigenvalue weighted by molar-refractivity contribution is 7.19. The summed E-state index contributed by atoms with van der Waals surface area (Å²) >= 11 is 1.35. The molecule has 0 spiro atoms. The molecule has 4 aromatic rings. The van der Waals surface area contributed by atoms with Crippen molar-refractivity contribution in [2.24, 2.45) is 5.92 Å². The van der Waals surface area contributed by atoms with Crippen LogP contribution in [-0.2, 0) is 9.59 Å². The Balaban J connectivity index is 1.29. The zero-order chi connectivity index (χ0) is 27.8. The number of anilines is 3. The van der Waals surface area contributed by atoms with Crippen LogP contribution in [-0.4, -0.2) is 35.9 Å². The van der Waals surface area contributed by atoms with Crippen LogP contribution in [0.3, 0.4) is 0 Å². The normalized spacial score (nSPS) is 17.3. The van der Waals surface area contributed by atoms with Gasteiger partial charge in [0.1, 0.15) is 16.3 Å². The fourth-order valence-corrected chi connectivity index (χ4v) is 6.41. The van der Waals surface area contributed by atoms with Crippen LogP contribution < -0.4 is 25.6 Å². The van der Waals surface area contributed by atoms with Gasteiger partial charge >= 0.3 is 6.03 Å². The highest BCUT2D eigenvalue weighted by Gasteiger charge is 2.35. The third-order valence-electron chi connectivity index (χ3n) is 7.36. The zero-order valence-electron chi connectivity index (χ0n) is 22.2. The molecule has 0 bridgehead atoms. The number of hydrogen-bond acceptors (Lipinski definition) is 7. The number of carbonyl (C=O) groups is 3. The van der Waals surface area contributed by atoms with E-state index in [1.807, 2.05) is 55.5 Å². The van der Waals surface area contributed by atoms with Gasteiger partial charge in [-0.1, -0.05) is 18.2 Å². The number of amides is 4. The molecule has 204 valence electrons. The van der Waals surface area contributed by atoms with E-state index in [2.05, 4.69) is 20.9 Å². The topological polar surface area (TPSA) is 113 Å². The number of hydrogen-bond donors (Lipinski definition) is 3. The summed E-state index contributed by atoms with van der Waals surface area (Å²) in [7, 11) is 0. The van der Waals surface area contributed by atoms with Crippen LogP contribution in [0.1, 0.15) is 36.1 Å². The number of nitrogens with one attached hydrogen (secondary N) is 3. The van der Waals surface area contributed by atoms with Crippen molar-refractivity contribution >= 4 is 56.5 Å². The molecule has 1 saturated heterocycles. The van der Waals surface area contributed by atoms with Gasteiger partial charge in [-0.2, -0.15) is 0 Å². The Morgan fingerprint density at radius 1 is 1.12 bits per heavy atom. The van der Waals surface area contributed by atoms with Crippen molar-refractivity contribution in [3.8, 4) is 11.5 Å². The van der Waals surface area contributed by atoms with Gasteiger partial charge in [0.05, 0.1) is 34.3 Å². The molecule has 0 radical (unpaired) electrons. The average molecular weight is 556 g/mol. The predicted molar refractivity (Wildman–Crippen MR) is 156 cm³/mol. The van der Waals surface area contributed by atoms with E-state index in [1.165, 1.54) is 11.3 Å². The minimum Gasteiger partial charge on any atom is -0.457 e. The lowest BCUT2D eigenvalue weighted by Crippen LogP contribution is -2.43. The number of pyridine rings is 1. The summed E-state index contributed by atoms with van der Waals surface area (Å²) in [5.41, 5.74) is 2.82. The summed E-state index contributed by atoms with van der Waals surface area (Å²) in [5.74, 6) is -0.122. The standard InChI is InChI=1S/C30H29N5O4S/c1-17-15-21(39-20-8-4-3-5-9-20)10-11-22(17)35-23-12-14-32-29-24(23)25(33-30(35)38)26(40-29)18(2)27(36)34-28(37)19-7-6-13-31-16-19/h3-5,8-12,14-15,18-19,31H,6-7,13,16H2,1-2H3,(H,33,38)(H,34,36,37). The van der Waals surface area contributed by atoms with Crippen molar-refractivity contribution in [3.63, 3.8) is 0 Å². The number of benzene rings is 2. The first-order valence-corrected chi connectivity index (χ1v) is 14.1. The fourth-order valence-electron chi connectivity index (χ4n) is 5.24. The smallest absolute Gasteiger partial charge is 0.331 e. The van der Waals surface area contributed by atoms with Gasteiger partial charge < -0.3 is 15.4 Å². The molecule has 2 unspecified atom stereocenters. The van der Waals surface area contributed by atoms with Crippen molar-refractivity contribution in [1.82, 2.24) is 15.6 Å². The molecule has 4 heterocycles. The molecule has 0 aliphatic carbocycles. The van der Waals surface area contributed by atoms with E-state index in [4.69, 9.17) is 4.74 Å². The summed E-state index contributed by atoms with van der Waals surface area (Å²) in [5, 5.41) is 9.57. The molecule has 2 aliphatic rings. The van der Waals surface area contributed by atoms with Gasteiger partial charge in [0.2, 0.25) is 11.8 Å². The van der Waals surface area contributed by atoms with Crippen LogP contribution in [0.25, 0.3) is 10.2 Å². The molecule has 0 saturated carbocycles. The van der Waals surface area contributed by atoms with Crippen LogP contribution in [0.4, 0.5) is 21.9 Å². The van der Waals surface area contributed by atoms with Gasteiger partial charge in [-0.15, -0.1) is 11.3 Å². The van der Waals surface area contributed by atoms with E-state index >= 15 is 0 Å². The lowest BCUT2D eigenvalue weighted by atomic mass is 9.98. The second kappa shape index (κ2) is 10.7. The molecule has 2 aromatic carbocycles. The number of urea groups is 1. The Kier molecular flexibility index (Phi) is 6.95. The molecule has 10 heteroatoms. The number of aryl methyl sites for hydroxylation is 1. The zero-order valence-corrected chi connectivity index (χ0v) is 23.0. The number of aromatic nitrogens is 1. The average Bonchev–Trinajstić information content (AvgIpc) is 3.33. The largest absolute Gasteiger partial charge is 0.457 e. The van der Waals surface area contributed by atoms with Crippen LogP contribution in [0.5, 0.6) is 11.5 Å². The maximum absolute atomic E-state index is 13.6. The van der Waals surface area contributed by atoms with Gasteiger partial charge in [-0.05, 0) is 75.2 Å². The van der Waals surface area contributed by atoms with Crippen molar-refractivity contribution in [2.45, 2.75) is 32.6 Å². The first kappa shape index (κ1) is 26.0. The Hall–Kier alpha value is -4.28. The first-order chi connectivity index (χ1) is 19.4. The number of imide groups is 1. The molecule has 3 N–H and O–H groups in total. The number of carbonyl (C=O) groups excluding carboxylic acids is 3. The summed E-state index contributed by atoms with van der Waals surface area (Å²) in [6, 6.07) is 16.6. The van der Waals surface area contributed by atoms with Crippen molar-refractivity contribution in [3.05, 3.63) is 71.2 Å². The van der Waals surface area contributed by atoms with E-state index < -0.39 is 5.92 Å². The first-order valence-electron chi connectivity index (χ1n) is 13.3. The van der Waals surface area contributed by atoms with E-state index in [-0.39, 0.29) is 23.8 Å². The van der Waals surface area contributed by atoms with Crippen LogP contribution >= 0.6 is 11.3 Å². The molecule has 6 rings (SSSR count). The molecule has 2 aliphatic heterocycles. The Labute approximate surface area is 235 Å². The Morgan fingerprint density at radius 3 is 2.70 bits per heavy atom. The molecule has 2 aromatic heterocycles. The number of nitrogens with zero attached hydrogens (tertiary/aromatic N) is 2. The van der Waals surface area contributed by atoms with Gasteiger partial charge in [0.25, 0.3) is 0 Å². The van der Waals surface area contributed by atoms with E-state index in [0.717, 1.165) is 36.1 Å². The van der Waals surface area contributed by atoms with E-state index in [0.29, 0.717) is 39.1 Å². The van der Waals surface area contributed by atoms with Gasteiger partial charge in [0.15, 0.2) is 0 Å². The van der Waals surface area contributed by atoms with Crippen LogP contribution in [0.2, 0.25) is 0 Å². The number of ether oxygens (including phenoxy) is 1.